The van der Waals surface area contributed by atoms with Crippen LogP contribution in [0.4, 0.5) is 0 Å². The Hall–Kier alpha value is -0.820. The largest absolute Gasteiger partial charge is 0.388 e. The lowest BCUT2D eigenvalue weighted by Gasteiger charge is -2.42. The Balaban J connectivity index is 2.49. The molecule has 76 valence electrons. The third kappa shape index (κ3) is 1.27. The normalized spacial score (nSPS) is 29.7. The Labute approximate surface area is 85.8 Å². The standard InChI is InChI=1S/C13H18O/c1-9-8-10-6-4-5-7-11(10)12(14)13(9,2)3/h4-7,9,12,14H,8H2,1-3H3/t9-,12-/m0/s1. The van der Waals surface area contributed by atoms with Crippen molar-refractivity contribution in [2.45, 2.75) is 33.3 Å². The maximum Gasteiger partial charge on any atom is 0.0846 e. The molecule has 0 unspecified atom stereocenters. The van der Waals surface area contributed by atoms with E-state index in [1.165, 1.54) is 5.56 Å². The van der Waals surface area contributed by atoms with Crippen LogP contribution in [0.25, 0.3) is 0 Å². The number of aliphatic hydroxyl groups is 1. The minimum absolute atomic E-state index is 0.00560. The van der Waals surface area contributed by atoms with Crippen molar-refractivity contribution in [1.82, 2.24) is 0 Å². The molecule has 0 amide bonds. The summed E-state index contributed by atoms with van der Waals surface area (Å²) >= 11 is 0. The molecule has 0 fully saturated rings. The molecule has 0 aromatic heterocycles. The predicted octanol–water partition coefficient (Wildman–Crippen LogP) is 2.94. The number of fused-ring (bicyclic) bond motifs is 1. The maximum absolute atomic E-state index is 10.3. The number of rotatable bonds is 0. The fraction of sp³-hybridized carbons (Fsp3) is 0.538. The fourth-order valence-corrected chi connectivity index (χ4v) is 2.25. The molecule has 0 heterocycles. The number of aliphatic hydroxyl groups excluding tert-OH is 1. The molecule has 0 bridgehead atoms. The first kappa shape index (κ1) is 9.72. The minimum Gasteiger partial charge on any atom is -0.388 e. The summed E-state index contributed by atoms with van der Waals surface area (Å²) in [6.07, 6.45) is 0.766. The van der Waals surface area contributed by atoms with Crippen LogP contribution in [-0.2, 0) is 6.42 Å². The van der Waals surface area contributed by atoms with E-state index in [9.17, 15) is 5.11 Å². The van der Waals surface area contributed by atoms with Gasteiger partial charge in [-0.05, 0) is 28.9 Å². The highest BCUT2D eigenvalue weighted by Gasteiger charge is 2.39. The molecular formula is C13H18O. The van der Waals surface area contributed by atoms with Gasteiger partial charge < -0.3 is 5.11 Å². The van der Waals surface area contributed by atoms with E-state index in [0.29, 0.717) is 5.92 Å². The molecule has 0 saturated carbocycles. The Bertz CT molecular complexity index is 341. The molecule has 0 aliphatic heterocycles. The van der Waals surface area contributed by atoms with Gasteiger partial charge in [0.25, 0.3) is 0 Å². The Morgan fingerprint density at radius 1 is 1.29 bits per heavy atom. The molecular weight excluding hydrogens is 172 g/mol. The van der Waals surface area contributed by atoms with Crippen molar-refractivity contribution in [2.24, 2.45) is 11.3 Å². The van der Waals surface area contributed by atoms with E-state index in [2.05, 4.69) is 32.9 Å². The Kier molecular flexibility index (Phi) is 2.15. The van der Waals surface area contributed by atoms with Gasteiger partial charge in [-0.25, -0.2) is 0 Å². The van der Waals surface area contributed by atoms with Gasteiger partial charge in [-0.3, -0.25) is 0 Å². The first-order chi connectivity index (χ1) is 6.53. The van der Waals surface area contributed by atoms with Crippen LogP contribution in [-0.4, -0.2) is 5.11 Å². The molecule has 2 rings (SSSR count). The fourth-order valence-electron chi connectivity index (χ4n) is 2.25. The van der Waals surface area contributed by atoms with Crippen molar-refractivity contribution in [3.05, 3.63) is 35.4 Å². The summed E-state index contributed by atoms with van der Waals surface area (Å²) in [5, 5.41) is 10.3. The summed E-state index contributed by atoms with van der Waals surface area (Å²) in [5.74, 6) is 0.535. The van der Waals surface area contributed by atoms with Gasteiger partial charge in [0.05, 0.1) is 6.10 Å². The monoisotopic (exact) mass is 190 g/mol. The molecule has 0 saturated heterocycles. The van der Waals surface area contributed by atoms with Gasteiger partial charge in [0.2, 0.25) is 0 Å². The molecule has 1 aliphatic carbocycles. The van der Waals surface area contributed by atoms with Crippen LogP contribution >= 0.6 is 0 Å². The SMILES string of the molecule is C[C@H]1Cc2ccccc2[C@H](O)C1(C)C. The summed E-state index contributed by atoms with van der Waals surface area (Å²) in [7, 11) is 0. The molecule has 0 radical (unpaired) electrons. The molecule has 1 aromatic carbocycles. The Morgan fingerprint density at radius 3 is 2.64 bits per heavy atom. The smallest absolute Gasteiger partial charge is 0.0846 e. The highest BCUT2D eigenvalue weighted by molar-refractivity contribution is 5.33. The lowest BCUT2D eigenvalue weighted by molar-refractivity contribution is -0.000955. The van der Waals surface area contributed by atoms with Crippen molar-refractivity contribution in [3.63, 3.8) is 0 Å². The average molecular weight is 190 g/mol. The number of hydrogen-bond donors (Lipinski definition) is 1. The number of benzene rings is 1. The lowest BCUT2D eigenvalue weighted by atomic mass is 9.65. The zero-order valence-corrected chi connectivity index (χ0v) is 9.12. The van der Waals surface area contributed by atoms with Crippen LogP contribution in [0.5, 0.6) is 0 Å². The third-order valence-electron chi connectivity index (χ3n) is 3.85. The summed E-state index contributed by atoms with van der Waals surface area (Å²) in [6.45, 7) is 6.52. The molecule has 2 atom stereocenters. The first-order valence-corrected chi connectivity index (χ1v) is 5.29. The molecule has 1 aromatic rings. The van der Waals surface area contributed by atoms with E-state index >= 15 is 0 Å². The molecule has 0 spiro atoms. The topological polar surface area (TPSA) is 20.2 Å². The van der Waals surface area contributed by atoms with Crippen LogP contribution in [0.2, 0.25) is 0 Å². The highest BCUT2D eigenvalue weighted by Crippen LogP contribution is 2.46. The van der Waals surface area contributed by atoms with E-state index in [4.69, 9.17) is 0 Å². The zero-order valence-electron chi connectivity index (χ0n) is 9.12. The highest BCUT2D eigenvalue weighted by atomic mass is 16.3. The molecule has 14 heavy (non-hydrogen) atoms. The second-order valence-electron chi connectivity index (χ2n) is 5.03. The van der Waals surface area contributed by atoms with Crippen LogP contribution in [0, 0.1) is 11.3 Å². The van der Waals surface area contributed by atoms with Gasteiger partial charge >= 0.3 is 0 Å². The first-order valence-electron chi connectivity index (χ1n) is 5.29. The lowest BCUT2D eigenvalue weighted by Crippen LogP contribution is -2.35. The van der Waals surface area contributed by atoms with Gasteiger partial charge in [-0.2, -0.15) is 0 Å². The van der Waals surface area contributed by atoms with Gasteiger partial charge in [-0.1, -0.05) is 45.0 Å². The van der Waals surface area contributed by atoms with Crippen molar-refractivity contribution < 1.29 is 5.11 Å². The van der Waals surface area contributed by atoms with Gasteiger partial charge in [-0.15, -0.1) is 0 Å². The second kappa shape index (κ2) is 3.09. The molecule has 1 N–H and O–H groups in total. The van der Waals surface area contributed by atoms with Gasteiger partial charge in [0.15, 0.2) is 0 Å². The maximum atomic E-state index is 10.3. The van der Waals surface area contributed by atoms with Crippen molar-refractivity contribution in [2.75, 3.05) is 0 Å². The van der Waals surface area contributed by atoms with Crippen LogP contribution in [0.15, 0.2) is 24.3 Å². The minimum atomic E-state index is -0.317. The van der Waals surface area contributed by atoms with Crippen LogP contribution in [0.1, 0.15) is 38.0 Å². The average Bonchev–Trinajstić information content (AvgIpc) is 2.15. The van der Waals surface area contributed by atoms with Crippen LogP contribution < -0.4 is 0 Å². The third-order valence-corrected chi connectivity index (χ3v) is 3.85. The van der Waals surface area contributed by atoms with E-state index in [0.717, 1.165) is 12.0 Å². The van der Waals surface area contributed by atoms with E-state index in [1.807, 2.05) is 12.1 Å². The Morgan fingerprint density at radius 2 is 1.93 bits per heavy atom. The summed E-state index contributed by atoms with van der Waals surface area (Å²) in [4.78, 5) is 0. The van der Waals surface area contributed by atoms with Crippen molar-refractivity contribution in [1.29, 1.82) is 0 Å². The van der Waals surface area contributed by atoms with E-state index in [-0.39, 0.29) is 11.5 Å². The van der Waals surface area contributed by atoms with Crippen molar-refractivity contribution in [3.8, 4) is 0 Å². The molecule has 1 heteroatoms. The van der Waals surface area contributed by atoms with Crippen molar-refractivity contribution >= 4 is 0 Å². The van der Waals surface area contributed by atoms with Crippen LogP contribution in [0.3, 0.4) is 0 Å². The summed E-state index contributed by atoms with van der Waals surface area (Å²) in [5.41, 5.74) is 2.43. The van der Waals surface area contributed by atoms with E-state index < -0.39 is 0 Å². The molecule has 1 nitrogen and oxygen atoms in total. The summed E-state index contributed by atoms with van der Waals surface area (Å²) in [6, 6.07) is 8.24. The zero-order chi connectivity index (χ0) is 10.3. The predicted molar refractivity (Wildman–Crippen MR) is 58.1 cm³/mol. The van der Waals surface area contributed by atoms with E-state index in [1.54, 1.807) is 0 Å². The second-order valence-corrected chi connectivity index (χ2v) is 5.03. The number of hydrogen-bond acceptors (Lipinski definition) is 1. The molecule has 1 aliphatic rings. The van der Waals surface area contributed by atoms with Gasteiger partial charge in [0.1, 0.15) is 0 Å². The van der Waals surface area contributed by atoms with Gasteiger partial charge in [0, 0.05) is 0 Å². The summed E-state index contributed by atoms with van der Waals surface area (Å²) < 4.78 is 0. The quantitative estimate of drug-likeness (QED) is 0.667.